The maximum absolute atomic E-state index is 11.5. The van der Waals surface area contributed by atoms with Crippen LogP contribution in [0.15, 0.2) is 29.3 Å². The van der Waals surface area contributed by atoms with E-state index >= 15 is 0 Å². The first-order valence-corrected chi connectivity index (χ1v) is 6.71. The number of aliphatic imine (C=N–C) groups is 1. The van der Waals surface area contributed by atoms with Gasteiger partial charge in [-0.05, 0) is 18.2 Å². The zero-order chi connectivity index (χ0) is 13.2. The molecule has 0 aliphatic carbocycles. The molecule has 0 amide bonds. The molecule has 1 aromatic carbocycles. The lowest BCUT2D eigenvalue weighted by Gasteiger charge is -2.26. The monoisotopic (exact) mass is 260 g/mol. The minimum atomic E-state index is -1.61. The van der Waals surface area contributed by atoms with E-state index in [1.165, 1.54) is 0 Å². The quantitative estimate of drug-likeness (QED) is 0.898. The molecule has 1 atom stereocenters. The Balaban J connectivity index is 2.61. The highest BCUT2D eigenvalue weighted by Gasteiger charge is 2.45. The van der Waals surface area contributed by atoms with Gasteiger partial charge in [0.25, 0.3) is 0 Å². The maximum atomic E-state index is 11.5. The number of nitrogens with zero attached hydrogens (tertiary/aromatic N) is 2. The van der Waals surface area contributed by atoms with Crippen molar-refractivity contribution in [3.05, 3.63) is 35.4 Å². The largest absolute Gasteiger partial charge is 0.479 e. The zero-order valence-corrected chi connectivity index (χ0v) is 10.7. The molecule has 1 heterocycles. The van der Waals surface area contributed by atoms with Gasteiger partial charge in [-0.25, -0.2) is 4.79 Å². The minimum absolute atomic E-state index is 0.367. The average molecular weight is 260 g/mol. The van der Waals surface area contributed by atoms with E-state index in [0.29, 0.717) is 12.3 Å². The SMILES string of the molecule is CSC(C#N)(C(=O)O)C1=NCCc2ccccc21. The number of fused-ring (bicyclic) bond motifs is 1. The normalized spacial score (nSPS) is 17.0. The number of nitriles is 1. The zero-order valence-electron chi connectivity index (χ0n) is 9.88. The number of rotatable bonds is 3. The molecule has 1 N–H and O–H groups in total. The van der Waals surface area contributed by atoms with Gasteiger partial charge in [0, 0.05) is 12.1 Å². The molecule has 5 heteroatoms. The Hall–Kier alpha value is -1.80. The van der Waals surface area contributed by atoms with Crippen molar-refractivity contribution in [1.82, 2.24) is 0 Å². The Morgan fingerprint density at radius 2 is 2.28 bits per heavy atom. The van der Waals surface area contributed by atoms with Gasteiger partial charge in [-0.15, -0.1) is 11.8 Å². The average Bonchev–Trinajstić information content (AvgIpc) is 2.40. The first-order chi connectivity index (χ1) is 8.65. The van der Waals surface area contributed by atoms with Crippen LogP contribution in [0.2, 0.25) is 0 Å². The molecule has 1 unspecified atom stereocenters. The van der Waals surface area contributed by atoms with Gasteiger partial charge in [0.05, 0.1) is 11.8 Å². The standard InChI is InChI=1S/C13H12N2O2S/c1-18-13(8-14,12(16)17)11-10-5-3-2-4-9(10)6-7-15-11/h2-5H,6-7H2,1H3,(H,16,17). The molecule has 0 spiro atoms. The number of carboxylic acid groups (broad SMARTS) is 1. The Morgan fingerprint density at radius 3 is 2.89 bits per heavy atom. The maximum Gasteiger partial charge on any atom is 0.340 e. The predicted octanol–water partition coefficient (Wildman–Crippen LogP) is 1.74. The van der Waals surface area contributed by atoms with Crippen molar-refractivity contribution in [2.45, 2.75) is 11.2 Å². The number of hydrogen-bond donors (Lipinski definition) is 1. The minimum Gasteiger partial charge on any atom is -0.479 e. The number of hydrogen-bond acceptors (Lipinski definition) is 4. The third-order valence-corrected chi connectivity index (χ3v) is 4.09. The lowest BCUT2D eigenvalue weighted by atomic mass is 9.90. The molecular weight excluding hydrogens is 248 g/mol. The van der Waals surface area contributed by atoms with E-state index in [-0.39, 0.29) is 0 Å². The summed E-state index contributed by atoms with van der Waals surface area (Å²) in [7, 11) is 0. The second kappa shape index (κ2) is 4.83. The first kappa shape index (κ1) is 12.7. The van der Waals surface area contributed by atoms with Crippen LogP contribution in [0, 0.1) is 11.3 Å². The molecule has 0 fully saturated rings. The van der Waals surface area contributed by atoms with E-state index in [2.05, 4.69) is 4.99 Å². The Kier molecular flexibility index (Phi) is 3.39. The summed E-state index contributed by atoms with van der Waals surface area (Å²) < 4.78 is -1.61. The Bertz CT molecular complexity index is 562. The van der Waals surface area contributed by atoms with Gasteiger partial charge in [-0.1, -0.05) is 24.3 Å². The van der Waals surface area contributed by atoms with E-state index in [1.807, 2.05) is 30.3 Å². The van der Waals surface area contributed by atoms with Crippen LogP contribution in [0.1, 0.15) is 11.1 Å². The lowest BCUT2D eigenvalue weighted by molar-refractivity contribution is -0.136. The lowest BCUT2D eigenvalue weighted by Crippen LogP contribution is -2.44. The second-order valence-electron chi connectivity index (χ2n) is 3.94. The van der Waals surface area contributed by atoms with E-state index in [9.17, 15) is 15.2 Å². The van der Waals surface area contributed by atoms with Crippen LogP contribution in [0.5, 0.6) is 0 Å². The second-order valence-corrected chi connectivity index (χ2v) is 4.96. The van der Waals surface area contributed by atoms with Gasteiger partial charge in [0.2, 0.25) is 4.75 Å². The van der Waals surface area contributed by atoms with Crippen LogP contribution in [0.25, 0.3) is 0 Å². The van der Waals surface area contributed by atoms with Crippen molar-refractivity contribution >= 4 is 23.4 Å². The molecule has 1 aromatic rings. The van der Waals surface area contributed by atoms with Crippen LogP contribution in [0.4, 0.5) is 0 Å². The highest BCUT2D eigenvalue weighted by molar-refractivity contribution is 8.01. The van der Waals surface area contributed by atoms with Crippen LogP contribution in [-0.4, -0.2) is 34.3 Å². The fourth-order valence-corrected chi connectivity index (χ4v) is 2.71. The molecule has 0 radical (unpaired) electrons. The van der Waals surface area contributed by atoms with E-state index in [1.54, 1.807) is 6.26 Å². The van der Waals surface area contributed by atoms with Gasteiger partial charge in [0.1, 0.15) is 0 Å². The smallest absolute Gasteiger partial charge is 0.340 e. The highest BCUT2D eigenvalue weighted by Crippen LogP contribution is 2.31. The number of carboxylic acids is 1. The van der Waals surface area contributed by atoms with Crippen molar-refractivity contribution in [3.63, 3.8) is 0 Å². The molecule has 2 rings (SSSR count). The fourth-order valence-electron chi connectivity index (χ4n) is 2.08. The highest BCUT2D eigenvalue weighted by atomic mass is 32.2. The number of carbonyl (C=O) groups is 1. The van der Waals surface area contributed by atoms with Gasteiger partial charge in [-0.2, -0.15) is 5.26 Å². The van der Waals surface area contributed by atoms with Crippen molar-refractivity contribution in [2.75, 3.05) is 12.8 Å². The summed E-state index contributed by atoms with van der Waals surface area (Å²) in [5.74, 6) is -1.16. The molecule has 0 saturated carbocycles. The third kappa shape index (κ3) is 1.79. The molecule has 18 heavy (non-hydrogen) atoms. The van der Waals surface area contributed by atoms with Crippen LogP contribution < -0.4 is 0 Å². The molecule has 0 saturated heterocycles. The Morgan fingerprint density at radius 1 is 1.56 bits per heavy atom. The van der Waals surface area contributed by atoms with Crippen LogP contribution >= 0.6 is 11.8 Å². The van der Waals surface area contributed by atoms with E-state index in [4.69, 9.17) is 0 Å². The van der Waals surface area contributed by atoms with Gasteiger partial charge in [0.15, 0.2) is 0 Å². The molecule has 0 aromatic heterocycles. The van der Waals surface area contributed by atoms with Crippen molar-refractivity contribution in [3.8, 4) is 6.07 Å². The molecule has 4 nitrogen and oxygen atoms in total. The van der Waals surface area contributed by atoms with Crippen LogP contribution in [0.3, 0.4) is 0 Å². The number of aliphatic carboxylic acids is 1. The Labute approximate surface area is 109 Å². The number of thioether (sulfide) groups is 1. The molecular formula is C13H12N2O2S. The third-order valence-electron chi connectivity index (χ3n) is 3.02. The van der Waals surface area contributed by atoms with Crippen molar-refractivity contribution in [1.29, 1.82) is 5.26 Å². The summed E-state index contributed by atoms with van der Waals surface area (Å²) in [6.07, 6.45) is 2.41. The summed E-state index contributed by atoms with van der Waals surface area (Å²) in [5, 5.41) is 18.7. The molecule has 92 valence electrons. The van der Waals surface area contributed by atoms with Crippen molar-refractivity contribution in [2.24, 2.45) is 4.99 Å². The summed E-state index contributed by atoms with van der Waals surface area (Å²) in [4.78, 5) is 15.8. The summed E-state index contributed by atoms with van der Waals surface area (Å²) in [6, 6.07) is 9.44. The molecule has 1 aliphatic heterocycles. The fraction of sp³-hybridized carbons (Fsp3) is 0.308. The first-order valence-electron chi connectivity index (χ1n) is 5.48. The van der Waals surface area contributed by atoms with Gasteiger partial charge >= 0.3 is 5.97 Å². The van der Waals surface area contributed by atoms with Gasteiger partial charge in [-0.3, -0.25) is 4.99 Å². The topological polar surface area (TPSA) is 73.5 Å². The predicted molar refractivity (Wildman–Crippen MR) is 71.0 cm³/mol. The van der Waals surface area contributed by atoms with Crippen LogP contribution in [-0.2, 0) is 11.2 Å². The van der Waals surface area contributed by atoms with Gasteiger partial charge < -0.3 is 5.11 Å². The van der Waals surface area contributed by atoms with E-state index in [0.717, 1.165) is 29.3 Å². The number of benzene rings is 1. The summed E-state index contributed by atoms with van der Waals surface area (Å²) in [6.45, 7) is 0.531. The summed E-state index contributed by atoms with van der Waals surface area (Å²) in [5.41, 5.74) is 2.20. The van der Waals surface area contributed by atoms with E-state index < -0.39 is 10.7 Å². The van der Waals surface area contributed by atoms with Crippen molar-refractivity contribution < 1.29 is 9.90 Å². The molecule has 0 bridgehead atoms. The summed E-state index contributed by atoms with van der Waals surface area (Å²) >= 11 is 1.00. The molecule has 1 aliphatic rings.